The van der Waals surface area contributed by atoms with Gasteiger partial charge in [0.2, 0.25) is 0 Å². The number of hydrogen-bond donors (Lipinski definition) is 0. The van der Waals surface area contributed by atoms with Gasteiger partial charge in [-0.05, 0) is 69.9 Å². The van der Waals surface area contributed by atoms with Gasteiger partial charge in [0.25, 0.3) is 0 Å². The first-order chi connectivity index (χ1) is 14.5. The first-order valence-corrected chi connectivity index (χ1v) is 10.8. The number of aryl methyl sites for hydroxylation is 2. The Bertz CT molecular complexity index is 940. The van der Waals surface area contributed by atoms with Gasteiger partial charge in [-0.1, -0.05) is 18.2 Å². The zero-order chi connectivity index (χ0) is 21.7. The number of esters is 1. The highest BCUT2D eigenvalue weighted by molar-refractivity contribution is 5.92. The van der Waals surface area contributed by atoms with Crippen LogP contribution in [0.25, 0.3) is 0 Å². The normalized spacial score (nSPS) is 14.3. The summed E-state index contributed by atoms with van der Waals surface area (Å²) in [5, 5.41) is 9.42. The van der Waals surface area contributed by atoms with E-state index in [1.54, 1.807) is 0 Å². The predicted octanol–water partition coefficient (Wildman–Crippen LogP) is 4.85. The van der Waals surface area contributed by atoms with Crippen LogP contribution in [0.1, 0.15) is 53.7 Å². The Labute approximate surface area is 179 Å². The highest BCUT2D eigenvalue weighted by Crippen LogP contribution is 2.31. The number of ether oxygens (including phenoxy) is 1. The third kappa shape index (κ3) is 4.43. The Kier molecular flexibility index (Phi) is 6.99. The van der Waals surface area contributed by atoms with Crippen molar-refractivity contribution in [3.8, 4) is 6.07 Å². The summed E-state index contributed by atoms with van der Waals surface area (Å²) >= 11 is 0. The molecular formula is C25H31N3O2. The highest BCUT2D eigenvalue weighted by Gasteiger charge is 2.27. The second-order valence-corrected chi connectivity index (χ2v) is 7.81. The zero-order valence-corrected chi connectivity index (χ0v) is 18.4. The van der Waals surface area contributed by atoms with Crippen LogP contribution in [0.2, 0.25) is 0 Å². The zero-order valence-electron chi connectivity index (χ0n) is 18.4. The lowest BCUT2D eigenvalue weighted by Crippen LogP contribution is -2.45. The third-order valence-electron chi connectivity index (χ3n) is 5.96. The number of carbonyl (C=O) groups excluding carboxylic acids is 1. The summed E-state index contributed by atoms with van der Waals surface area (Å²) in [6, 6.07) is 14.6. The Morgan fingerprint density at radius 1 is 1.17 bits per heavy atom. The molecular weight excluding hydrogens is 374 g/mol. The van der Waals surface area contributed by atoms with Crippen molar-refractivity contribution in [3.63, 3.8) is 0 Å². The van der Waals surface area contributed by atoms with Gasteiger partial charge in [-0.2, -0.15) is 5.26 Å². The number of nitriles is 1. The summed E-state index contributed by atoms with van der Waals surface area (Å²) in [4.78, 5) is 17.1. The number of para-hydroxylation sites is 1. The molecule has 0 saturated carbocycles. The quantitative estimate of drug-likeness (QED) is 0.643. The van der Waals surface area contributed by atoms with Gasteiger partial charge in [0.15, 0.2) is 0 Å². The van der Waals surface area contributed by atoms with E-state index < -0.39 is 0 Å². The van der Waals surface area contributed by atoms with Gasteiger partial charge >= 0.3 is 5.97 Å². The molecule has 0 N–H and O–H groups in total. The van der Waals surface area contributed by atoms with Crippen molar-refractivity contribution < 1.29 is 9.53 Å². The summed E-state index contributed by atoms with van der Waals surface area (Å²) in [5.74, 6) is -0.254. The molecule has 5 heteroatoms. The molecule has 0 amide bonds. The molecule has 0 radical (unpaired) electrons. The second-order valence-electron chi connectivity index (χ2n) is 7.81. The molecule has 2 aromatic rings. The SMILES string of the molecule is CCOC(=O)c1cc(N(CC)C2CCN(c3ccccc3C#N)CC2)c(C)cc1C. The minimum Gasteiger partial charge on any atom is -0.462 e. The summed E-state index contributed by atoms with van der Waals surface area (Å²) in [5.41, 5.74) is 5.65. The number of piperidine rings is 1. The minimum atomic E-state index is -0.254. The highest BCUT2D eigenvalue weighted by atomic mass is 16.5. The number of rotatable bonds is 6. The maximum Gasteiger partial charge on any atom is 0.338 e. The fourth-order valence-electron chi connectivity index (χ4n) is 4.47. The van der Waals surface area contributed by atoms with Gasteiger partial charge in [-0.15, -0.1) is 0 Å². The van der Waals surface area contributed by atoms with Gasteiger partial charge in [-0.3, -0.25) is 0 Å². The topological polar surface area (TPSA) is 56.6 Å². The van der Waals surface area contributed by atoms with Crippen molar-refractivity contribution in [2.24, 2.45) is 0 Å². The third-order valence-corrected chi connectivity index (χ3v) is 5.96. The molecule has 1 heterocycles. The van der Waals surface area contributed by atoms with Gasteiger partial charge in [0.05, 0.1) is 23.4 Å². The molecule has 0 bridgehead atoms. The Balaban J connectivity index is 1.80. The molecule has 5 nitrogen and oxygen atoms in total. The van der Waals surface area contributed by atoms with E-state index in [9.17, 15) is 10.1 Å². The predicted molar refractivity (Wildman–Crippen MR) is 121 cm³/mol. The standard InChI is InChI=1S/C25H31N3O2/c1-5-28(24-16-22(25(29)30-6-2)18(3)15-19(24)4)21-11-13-27(14-12-21)23-10-8-7-9-20(23)17-26/h7-10,15-16,21H,5-6,11-14H2,1-4H3. The molecule has 0 unspecified atom stereocenters. The average Bonchev–Trinajstić information content (AvgIpc) is 2.76. The number of benzene rings is 2. The van der Waals surface area contributed by atoms with Crippen LogP contribution in [0.15, 0.2) is 36.4 Å². The van der Waals surface area contributed by atoms with E-state index in [2.05, 4.69) is 35.8 Å². The maximum atomic E-state index is 12.4. The van der Waals surface area contributed by atoms with Crippen molar-refractivity contribution in [2.45, 2.75) is 46.6 Å². The number of carbonyl (C=O) groups is 1. The van der Waals surface area contributed by atoms with Crippen LogP contribution in [0.3, 0.4) is 0 Å². The second kappa shape index (κ2) is 9.67. The largest absolute Gasteiger partial charge is 0.462 e. The molecule has 1 aliphatic heterocycles. The molecule has 0 atom stereocenters. The minimum absolute atomic E-state index is 0.254. The molecule has 1 saturated heterocycles. The van der Waals surface area contributed by atoms with E-state index >= 15 is 0 Å². The van der Waals surface area contributed by atoms with Gasteiger partial charge in [0, 0.05) is 31.4 Å². The van der Waals surface area contributed by atoms with E-state index in [-0.39, 0.29) is 5.97 Å². The van der Waals surface area contributed by atoms with Crippen molar-refractivity contribution >= 4 is 17.3 Å². The number of anilines is 2. The van der Waals surface area contributed by atoms with Crippen LogP contribution in [0.5, 0.6) is 0 Å². The summed E-state index contributed by atoms with van der Waals surface area (Å²) in [7, 11) is 0. The number of hydrogen-bond acceptors (Lipinski definition) is 5. The molecule has 0 aromatic heterocycles. The summed E-state index contributed by atoms with van der Waals surface area (Å²) in [6.07, 6.45) is 2.02. The molecule has 30 heavy (non-hydrogen) atoms. The fourth-order valence-corrected chi connectivity index (χ4v) is 4.47. The van der Waals surface area contributed by atoms with Crippen LogP contribution in [0, 0.1) is 25.2 Å². The molecule has 3 rings (SSSR count). The van der Waals surface area contributed by atoms with Crippen LogP contribution >= 0.6 is 0 Å². The van der Waals surface area contributed by atoms with Crippen molar-refractivity contribution in [3.05, 3.63) is 58.7 Å². The monoisotopic (exact) mass is 405 g/mol. The van der Waals surface area contributed by atoms with E-state index in [4.69, 9.17) is 4.74 Å². The Morgan fingerprint density at radius 2 is 1.87 bits per heavy atom. The van der Waals surface area contributed by atoms with Crippen LogP contribution in [0.4, 0.5) is 11.4 Å². The molecule has 0 aliphatic carbocycles. The van der Waals surface area contributed by atoms with E-state index in [1.165, 1.54) is 5.56 Å². The summed E-state index contributed by atoms with van der Waals surface area (Å²) < 4.78 is 5.26. The fraction of sp³-hybridized carbons (Fsp3) is 0.440. The van der Waals surface area contributed by atoms with Gasteiger partial charge < -0.3 is 14.5 Å². The molecule has 1 fully saturated rings. The Hall–Kier alpha value is -3.00. The summed E-state index contributed by atoms with van der Waals surface area (Å²) in [6.45, 7) is 11.2. The van der Waals surface area contributed by atoms with Crippen LogP contribution < -0.4 is 9.80 Å². The maximum absolute atomic E-state index is 12.4. The van der Waals surface area contributed by atoms with Gasteiger partial charge in [0.1, 0.15) is 6.07 Å². The molecule has 1 aliphatic rings. The van der Waals surface area contributed by atoms with E-state index in [1.807, 2.05) is 44.2 Å². The first kappa shape index (κ1) is 21.7. The lowest BCUT2D eigenvalue weighted by molar-refractivity contribution is 0.0525. The first-order valence-electron chi connectivity index (χ1n) is 10.8. The smallest absolute Gasteiger partial charge is 0.338 e. The Morgan fingerprint density at radius 3 is 2.50 bits per heavy atom. The van der Waals surface area contributed by atoms with Crippen molar-refractivity contribution in [2.75, 3.05) is 36.0 Å². The average molecular weight is 406 g/mol. The van der Waals surface area contributed by atoms with Gasteiger partial charge in [-0.25, -0.2) is 4.79 Å². The van der Waals surface area contributed by atoms with Crippen molar-refractivity contribution in [1.82, 2.24) is 0 Å². The van der Waals surface area contributed by atoms with E-state index in [0.717, 1.165) is 55.0 Å². The van der Waals surface area contributed by atoms with E-state index in [0.29, 0.717) is 18.2 Å². The van der Waals surface area contributed by atoms with Crippen molar-refractivity contribution in [1.29, 1.82) is 5.26 Å². The lowest BCUT2D eigenvalue weighted by atomic mass is 9.97. The van der Waals surface area contributed by atoms with Crippen LogP contribution in [-0.4, -0.2) is 38.3 Å². The molecule has 2 aromatic carbocycles. The molecule has 0 spiro atoms. The molecule has 158 valence electrons. The van der Waals surface area contributed by atoms with Crippen LogP contribution in [-0.2, 0) is 4.74 Å². The lowest BCUT2D eigenvalue weighted by Gasteiger charge is -2.41. The number of nitrogens with zero attached hydrogens (tertiary/aromatic N) is 3.